The first-order valence-electron chi connectivity index (χ1n) is 4.57. The number of nitrogens with zero attached hydrogens (tertiary/aromatic N) is 2. The zero-order chi connectivity index (χ0) is 11.5. The smallest absolute Gasteiger partial charge is 0.239 e. The Hall–Kier alpha value is -1.68. The lowest BCUT2D eigenvalue weighted by molar-refractivity contribution is 0.423. The third kappa shape index (κ3) is 2.28. The number of rotatable bonds is 2. The summed E-state index contributed by atoms with van der Waals surface area (Å²) < 4.78 is 18.8. The summed E-state index contributed by atoms with van der Waals surface area (Å²) in [5.41, 5.74) is 0.507. The van der Waals surface area contributed by atoms with E-state index in [-0.39, 0.29) is 16.8 Å². The van der Waals surface area contributed by atoms with Crippen LogP contribution in [0.1, 0.15) is 5.56 Å². The Balaban J connectivity index is 2.31. The second-order valence-corrected chi connectivity index (χ2v) is 3.56. The van der Waals surface area contributed by atoms with Gasteiger partial charge in [-0.2, -0.15) is 4.98 Å². The second-order valence-electron chi connectivity index (χ2n) is 3.17. The van der Waals surface area contributed by atoms with Crippen LogP contribution in [0.25, 0.3) is 0 Å². The topological polar surface area (TPSA) is 35.0 Å². The van der Waals surface area contributed by atoms with Crippen molar-refractivity contribution in [3.05, 3.63) is 47.1 Å². The molecule has 16 heavy (non-hydrogen) atoms. The fraction of sp³-hybridized carbons (Fsp3) is 0.0909. The predicted octanol–water partition coefficient (Wildman–Crippen LogP) is 3.37. The van der Waals surface area contributed by atoms with Gasteiger partial charge in [0.1, 0.15) is 0 Å². The number of benzene rings is 1. The molecule has 0 aliphatic heterocycles. The molecule has 2 rings (SSSR count). The summed E-state index contributed by atoms with van der Waals surface area (Å²) in [4.78, 5) is 7.64. The number of ether oxygens (including phenoxy) is 1. The summed E-state index contributed by atoms with van der Waals surface area (Å²) in [7, 11) is 0. The zero-order valence-corrected chi connectivity index (χ0v) is 9.20. The van der Waals surface area contributed by atoms with E-state index in [9.17, 15) is 4.39 Å². The minimum Gasteiger partial charge on any atom is -0.434 e. The third-order valence-corrected chi connectivity index (χ3v) is 2.14. The summed E-state index contributed by atoms with van der Waals surface area (Å²) in [5, 5.41) is 0.200. The Morgan fingerprint density at radius 1 is 1.31 bits per heavy atom. The third-order valence-electron chi connectivity index (χ3n) is 1.95. The Bertz CT molecular complexity index is 519. The summed E-state index contributed by atoms with van der Waals surface area (Å²) in [6, 6.07) is 4.88. The number of halogens is 2. The molecule has 0 N–H and O–H groups in total. The zero-order valence-electron chi connectivity index (χ0n) is 8.45. The van der Waals surface area contributed by atoms with Gasteiger partial charge in [-0.15, -0.1) is 0 Å². The van der Waals surface area contributed by atoms with Crippen LogP contribution in [0.5, 0.6) is 11.6 Å². The maximum Gasteiger partial charge on any atom is 0.239 e. The normalized spacial score (nSPS) is 10.2. The number of hydrogen-bond donors (Lipinski definition) is 0. The van der Waals surface area contributed by atoms with E-state index in [4.69, 9.17) is 16.3 Å². The largest absolute Gasteiger partial charge is 0.434 e. The van der Waals surface area contributed by atoms with Crippen LogP contribution in [0.3, 0.4) is 0 Å². The number of aromatic nitrogens is 2. The van der Waals surface area contributed by atoms with Gasteiger partial charge in [0.05, 0.1) is 12.4 Å². The van der Waals surface area contributed by atoms with Crippen LogP contribution in [-0.2, 0) is 0 Å². The van der Waals surface area contributed by atoms with Crippen molar-refractivity contribution >= 4 is 11.6 Å². The van der Waals surface area contributed by atoms with Gasteiger partial charge in [0.15, 0.2) is 16.7 Å². The Morgan fingerprint density at radius 2 is 2.12 bits per heavy atom. The van der Waals surface area contributed by atoms with Crippen molar-refractivity contribution < 1.29 is 9.13 Å². The molecule has 0 fully saturated rings. The van der Waals surface area contributed by atoms with Gasteiger partial charge in [-0.05, 0) is 18.6 Å². The molecule has 0 spiro atoms. The molecule has 0 aliphatic carbocycles. The second kappa shape index (κ2) is 4.45. The Labute approximate surface area is 96.9 Å². The molecule has 1 aromatic heterocycles. The predicted molar refractivity (Wildman–Crippen MR) is 58.3 cm³/mol. The van der Waals surface area contributed by atoms with E-state index in [1.54, 1.807) is 19.1 Å². The van der Waals surface area contributed by atoms with Crippen LogP contribution in [0.4, 0.5) is 4.39 Å². The van der Waals surface area contributed by atoms with Crippen molar-refractivity contribution in [2.45, 2.75) is 6.92 Å². The van der Waals surface area contributed by atoms with Gasteiger partial charge in [0.2, 0.25) is 5.88 Å². The lowest BCUT2D eigenvalue weighted by Crippen LogP contribution is -1.93. The minimum absolute atomic E-state index is 0.108. The molecule has 1 aromatic carbocycles. The molecular formula is C11H8ClFN2O. The molecule has 0 unspecified atom stereocenters. The first-order valence-corrected chi connectivity index (χ1v) is 4.95. The fourth-order valence-corrected chi connectivity index (χ4v) is 1.33. The van der Waals surface area contributed by atoms with E-state index in [1.807, 2.05) is 0 Å². The summed E-state index contributed by atoms with van der Waals surface area (Å²) in [6.07, 6.45) is 2.74. The molecular weight excluding hydrogens is 231 g/mol. The Kier molecular flexibility index (Phi) is 3.01. The monoisotopic (exact) mass is 238 g/mol. The molecule has 0 bridgehead atoms. The molecule has 82 valence electrons. The first kappa shape index (κ1) is 10.8. The van der Waals surface area contributed by atoms with Gasteiger partial charge in [0, 0.05) is 0 Å². The van der Waals surface area contributed by atoms with Crippen LogP contribution < -0.4 is 4.74 Å². The van der Waals surface area contributed by atoms with Crippen molar-refractivity contribution in [2.24, 2.45) is 0 Å². The maximum atomic E-state index is 13.6. The van der Waals surface area contributed by atoms with Crippen molar-refractivity contribution in [3.63, 3.8) is 0 Å². The molecule has 0 amide bonds. The highest BCUT2D eigenvalue weighted by Gasteiger charge is 2.07. The lowest BCUT2D eigenvalue weighted by atomic mass is 10.2. The van der Waals surface area contributed by atoms with Crippen LogP contribution >= 0.6 is 11.6 Å². The van der Waals surface area contributed by atoms with Gasteiger partial charge >= 0.3 is 0 Å². The van der Waals surface area contributed by atoms with E-state index in [1.165, 1.54) is 18.5 Å². The molecule has 1 heterocycles. The van der Waals surface area contributed by atoms with Gasteiger partial charge in [-0.1, -0.05) is 23.7 Å². The molecule has 5 heteroatoms. The molecule has 0 aliphatic rings. The maximum absolute atomic E-state index is 13.6. The Morgan fingerprint density at radius 3 is 2.88 bits per heavy atom. The highest BCUT2D eigenvalue weighted by molar-refractivity contribution is 6.29. The van der Waals surface area contributed by atoms with Gasteiger partial charge < -0.3 is 4.74 Å². The van der Waals surface area contributed by atoms with Crippen molar-refractivity contribution in [3.8, 4) is 11.6 Å². The molecule has 3 nitrogen and oxygen atoms in total. The van der Waals surface area contributed by atoms with Crippen LogP contribution in [0, 0.1) is 12.7 Å². The van der Waals surface area contributed by atoms with Gasteiger partial charge in [-0.3, -0.25) is 4.98 Å². The number of hydrogen-bond acceptors (Lipinski definition) is 3. The average Bonchev–Trinajstić information content (AvgIpc) is 2.25. The van der Waals surface area contributed by atoms with Crippen molar-refractivity contribution in [1.29, 1.82) is 0 Å². The highest BCUT2D eigenvalue weighted by atomic mass is 35.5. The van der Waals surface area contributed by atoms with Gasteiger partial charge in [0.25, 0.3) is 0 Å². The van der Waals surface area contributed by atoms with E-state index in [0.29, 0.717) is 5.56 Å². The van der Waals surface area contributed by atoms with Crippen LogP contribution in [0.2, 0.25) is 5.15 Å². The molecule has 0 radical (unpaired) electrons. The quantitative estimate of drug-likeness (QED) is 0.805. The van der Waals surface area contributed by atoms with E-state index in [0.717, 1.165) is 0 Å². The number of aryl methyl sites for hydroxylation is 1. The molecule has 0 saturated heterocycles. The fourth-order valence-electron chi connectivity index (χ4n) is 1.19. The molecule has 2 aromatic rings. The summed E-state index contributed by atoms with van der Waals surface area (Å²) in [5.74, 6) is -0.141. The summed E-state index contributed by atoms with van der Waals surface area (Å²) in [6.45, 7) is 1.66. The molecule has 0 saturated carbocycles. The van der Waals surface area contributed by atoms with Gasteiger partial charge in [-0.25, -0.2) is 4.39 Å². The SMILES string of the molecule is Cc1cccc(Oc2cncc(Cl)n2)c1F. The lowest BCUT2D eigenvalue weighted by Gasteiger charge is -2.06. The van der Waals surface area contributed by atoms with Crippen LogP contribution in [-0.4, -0.2) is 9.97 Å². The highest BCUT2D eigenvalue weighted by Crippen LogP contribution is 2.24. The van der Waals surface area contributed by atoms with Crippen molar-refractivity contribution in [1.82, 2.24) is 9.97 Å². The van der Waals surface area contributed by atoms with E-state index >= 15 is 0 Å². The summed E-state index contributed by atoms with van der Waals surface area (Å²) >= 11 is 5.63. The van der Waals surface area contributed by atoms with Crippen LogP contribution in [0.15, 0.2) is 30.6 Å². The molecule has 0 atom stereocenters. The first-order chi connectivity index (χ1) is 7.66. The van der Waals surface area contributed by atoms with Crippen molar-refractivity contribution in [2.75, 3.05) is 0 Å². The average molecular weight is 239 g/mol. The standard InChI is InChI=1S/C11H8ClFN2O/c1-7-3-2-4-8(11(7)13)16-10-6-14-5-9(12)15-10/h2-6H,1H3. The minimum atomic E-state index is -0.413. The van der Waals surface area contributed by atoms with E-state index < -0.39 is 5.82 Å². The van der Waals surface area contributed by atoms with E-state index in [2.05, 4.69) is 9.97 Å².